The summed E-state index contributed by atoms with van der Waals surface area (Å²) in [4.78, 5) is 15.9. The molecule has 5 nitrogen and oxygen atoms in total. The second-order valence-corrected chi connectivity index (χ2v) is 8.99. The van der Waals surface area contributed by atoms with Gasteiger partial charge in [-0.2, -0.15) is 5.10 Å². The van der Waals surface area contributed by atoms with Crippen molar-refractivity contribution in [3.05, 3.63) is 107 Å². The minimum absolute atomic E-state index is 0.0905. The molecular formula is C28H25N3O2. The Morgan fingerprint density at radius 1 is 1.09 bits per heavy atom. The van der Waals surface area contributed by atoms with Crippen LogP contribution in [0.5, 0.6) is 5.75 Å². The first-order valence-corrected chi connectivity index (χ1v) is 11.3. The summed E-state index contributed by atoms with van der Waals surface area (Å²) < 4.78 is 6.66. The van der Waals surface area contributed by atoms with Crippen LogP contribution in [0.15, 0.2) is 84.5 Å². The lowest BCUT2D eigenvalue weighted by Crippen LogP contribution is -2.57. The number of fused-ring (bicyclic) bond motifs is 6. The topological polar surface area (TPSA) is 45.1 Å². The van der Waals surface area contributed by atoms with Gasteiger partial charge in [0.1, 0.15) is 5.75 Å². The summed E-state index contributed by atoms with van der Waals surface area (Å²) in [5.41, 5.74) is 5.71. The van der Waals surface area contributed by atoms with Gasteiger partial charge in [0.25, 0.3) is 5.91 Å². The first-order chi connectivity index (χ1) is 16.0. The molecule has 0 saturated carbocycles. The molecule has 0 aliphatic carbocycles. The van der Waals surface area contributed by atoms with Crippen LogP contribution in [-0.2, 0) is 10.5 Å². The summed E-state index contributed by atoms with van der Waals surface area (Å²) in [7, 11) is 0. The first-order valence-electron chi connectivity index (χ1n) is 11.3. The van der Waals surface area contributed by atoms with E-state index in [1.165, 1.54) is 5.56 Å². The third kappa shape index (κ3) is 2.72. The number of hydrogen-bond donors (Lipinski definition) is 0. The smallest absolute Gasteiger partial charge is 0.306 e. The number of hydrogen-bond acceptors (Lipinski definition) is 4. The zero-order valence-corrected chi connectivity index (χ0v) is 18.8. The van der Waals surface area contributed by atoms with Crippen LogP contribution in [0.25, 0.3) is 0 Å². The van der Waals surface area contributed by atoms with Gasteiger partial charge < -0.3 is 9.64 Å². The fourth-order valence-corrected chi connectivity index (χ4v) is 5.21. The molecule has 2 unspecified atom stereocenters. The van der Waals surface area contributed by atoms with Crippen molar-refractivity contribution < 1.29 is 9.53 Å². The molecule has 0 N–H and O–H groups in total. The molecule has 6 rings (SSSR count). The van der Waals surface area contributed by atoms with Crippen LogP contribution >= 0.6 is 0 Å². The van der Waals surface area contributed by atoms with Crippen molar-refractivity contribution >= 4 is 17.3 Å². The van der Waals surface area contributed by atoms with Gasteiger partial charge in [-0.15, -0.1) is 6.58 Å². The van der Waals surface area contributed by atoms with Gasteiger partial charge in [0.05, 0.1) is 23.0 Å². The fraction of sp³-hybridized carbons (Fsp3) is 0.214. The molecule has 1 amide bonds. The number of benzene rings is 3. The summed E-state index contributed by atoms with van der Waals surface area (Å²) in [5.74, 6) is 0.608. The number of rotatable bonds is 3. The van der Waals surface area contributed by atoms with E-state index in [1.807, 2.05) is 42.3 Å². The van der Waals surface area contributed by atoms with E-state index in [1.54, 1.807) is 11.0 Å². The lowest BCUT2D eigenvalue weighted by Gasteiger charge is -2.44. The first kappa shape index (κ1) is 19.8. The van der Waals surface area contributed by atoms with E-state index in [-0.39, 0.29) is 11.9 Å². The molecule has 1 spiro atoms. The highest BCUT2D eigenvalue weighted by molar-refractivity contribution is 6.08. The quantitative estimate of drug-likeness (QED) is 0.529. The average Bonchev–Trinajstić information content (AvgIpc) is 3.36. The minimum atomic E-state index is -1.34. The SMILES string of the molecule is C=CCN1C(=O)C2(Oc3ccccc3C3CC(c4ccc(C)cc4)=NN32)c2cc(C)ccc21. The van der Waals surface area contributed by atoms with Gasteiger partial charge in [0, 0.05) is 18.5 Å². The molecule has 3 aromatic carbocycles. The monoisotopic (exact) mass is 435 g/mol. The predicted octanol–water partition coefficient (Wildman–Crippen LogP) is 5.23. The number of hydrazone groups is 1. The Hall–Kier alpha value is -3.86. The molecule has 33 heavy (non-hydrogen) atoms. The van der Waals surface area contributed by atoms with Crippen LogP contribution in [0.4, 0.5) is 5.69 Å². The maximum atomic E-state index is 14.1. The molecular weight excluding hydrogens is 410 g/mol. The highest BCUT2D eigenvalue weighted by Crippen LogP contribution is 2.55. The highest BCUT2D eigenvalue weighted by Gasteiger charge is 2.63. The van der Waals surface area contributed by atoms with Gasteiger partial charge in [-0.25, -0.2) is 5.01 Å². The number of ether oxygens (including phenoxy) is 1. The molecule has 3 aromatic rings. The van der Waals surface area contributed by atoms with Crippen molar-refractivity contribution in [1.82, 2.24) is 5.01 Å². The molecule has 3 heterocycles. The summed E-state index contributed by atoms with van der Waals surface area (Å²) in [6.07, 6.45) is 2.46. The van der Waals surface area contributed by atoms with E-state index in [0.717, 1.165) is 39.4 Å². The molecule has 0 fully saturated rings. The van der Waals surface area contributed by atoms with Crippen LogP contribution in [0.1, 0.15) is 40.3 Å². The molecule has 3 aliphatic heterocycles. The molecule has 0 radical (unpaired) electrons. The van der Waals surface area contributed by atoms with Gasteiger partial charge in [0.2, 0.25) is 0 Å². The molecule has 3 aliphatic rings. The molecule has 5 heteroatoms. The number of anilines is 1. The molecule has 2 atom stereocenters. The Kier molecular flexibility index (Phi) is 4.24. The second kappa shape index (κ2) is 7.07. The third-order valence-electron chi connectivity index (χ3n) is 6.81. The molecule has 164 valence electrons. The Balaban J connectivity index is 1.59. The van der Waals surface area contributed by atoms with E-state index in [0.29, 0.717) is 13.0 Å². The van der Waals surface area contributed by atoms with Gasteiger partial charge in [0.15, 0.2) is 0 Å². The summed E-state index contributed by atoms with van der Waals surface area (Å²) in [5, 5.41) is 6.98. The average molecular weight is 436 g/mol. The van der Waals surface area contributed by atoms with Crippen molar-refractivity contribution in [2.45, 2.75) is 32.0 Å². The van der Waals surface area contributed by atoms with Crippen molar-refractivity contribution in [3.8, 4) is 5.75 Å². The van der Waals surface area contributed by atoms with E-state index < -0.39 is 5.72 Å². The van der Waals surface area contributed by atoms with Gasteiger partial charge >= 0.3 is 5.72 Å². The number of amides is 1. The standard InChI is InChI=1S/C28H25N3O2/c1-4-15-30-24-14-11-19(3)16-22(24)28(27(30)32)31-25(21-7-5-6-8-26(21)33-28)17-23(29-31)20-12-9-18(2)10-13-20/h4-14,16,25H,1,15,17H2,2-3H3. The van der Waals surface area contributed by atoms with Crippen molar-refractivity contribution in [2.75, 3.05) is 11.4 Å². The van der Waals surface area contributed by atoms with Gasteiger partial charge in [-0.05, 0) is 37.6 Å². The Bertz CT molecular complexity index is 1330. The Morgan fingerprint density at radius 2 is 1.85 bits per heavy atom. The Morgan fingerprint density at radius 3 is 2.64 bits per heavy atom. The zero-order valence-electron chi connectivity index (χ0n) is 18.8. The van der Waals surface area contributed by atoms with Crippen molar-refractivity contribution in [3.63, 3.8) is 0 Å². The van der Waals surface area contributed by atoms with Crippen LogP contribution in [0.2, 0.25) is 0 Å². The largest absolute Gasteiger partial charge is 0.453 e. The van der Waals surface area contributed by atoms with E-state index in [4.69, 9.17) is 9.84 Å². The molecule has 0 bridgehead atoms. The summed E-state index contributed by atoms with van der Waals surface area (Å²) in [6, 6.07) is 22.4. The second-order valence-electron chi connectivity index (χ2n) is 8.99. The van der Waals surface area contributed by atoms with E-state index in [9.17, 15) is 4.79 Å². The number of carbonyl (C=O) groups is 1. The number of nitrogens with zero attached hydrogens (tertiary/aromatic N) is 3. The maximum Gasteiger partial charge on any atom is 0.306 e. The lowest BCUT2D eigenvalue weighted by molar-refractivity contribution is -0.163. The molecule has 0 saturated heterocycles. The maximum absolute atomic E-state index is 14.1. The van der Waals surface area contributed by atoms with E-state index >= 15 is 0 Å². The fourth-order valence-electron chi connectivity index (χ4n) is 5.21. The predicted molar refractivity (Wildman–Crippen MR) is 129 cm³/mol. The van der Waals surface area contributed by atoms with Crippen molar-refractivity contribution in [1.29, 1.82) is 0 Å². The summed E-state index contributed by atoms with van der Waals surface area (Å²) in [6.45, 7) is 8.39. The molecule has 0 aromatic heterocycles. The van der Waals surface area contributed by atoms with Crippen molar-refractivity contribution in [2.24, 2.45) is 5.10 Å². The van der Waals surface area contributed by atoms with Gasteiger partial charge in [-0.3, -0.25) is 4.79 Å². The normalized spacial score (nSPS) is 22.5. The number of carbonyl (C=O) groups excluding carboxylic acids is 1. The van der Waals surface area contributed by atoms with Crippen LogP contribution < -0.4 is 9.64 Å². The number of aryl methyl sites for hydroxylation is 2. The van der Waals surface area contributed by atoms with Gasteiger partial charge in [-0.1, -0.05) is 65.7 Å². The summed E-state index contributed by atoms with van der Waals surface area (Å²) >= 11 is 0. The zero-order chi connectivity index (χ0) is 22.7. The van der Waals surface area contributed by atoms with Crippen LogP contribution in [-0.4, -0.2) is 23.2 Å². The Labute approximate surface area is 193 Å². The lowest BCUT2D eigenvalue weighted by atomic mass is 9.92. The minimum Gasteiger partial charge on any atom is -0.453 e. The third-order valence-corrected chi connectivity index (χ3v) is 6.81. The van der Waals surface area contributed by atoms with Crippen LogP contribution in [0, 0.1) is 13.8 Å². The highest BCUT2D eigenvalue weighted by atomic mass is 16.5. The van der Waals surface area contributed by atoms with E-state index in [2.05, 4.69) is 49.9 Å². The van der Waals surface area contributed by atoms with Crippen LogP contribution in [0.3, 0.4) is 0 Å². The number of para-hydroxylation sites is 1.